The van der Waals surface area contributed by atoms with Crippen LogP contribution in [0.15, 0.2) is 48.9 Å². The van der Waals surface area contributed by atoms with Crippen LogP contribution in [0.3, 0.4) is 0 Å². The molecule has 0 aliphatic carbocycles. The van der Waals surface area contributed by atoms with Crippen LogP contribution in [0.4, 0.5) is 5.69 Å². The summed E-state index contributed by atoms with van der Waals surface area (Å²) >= 11 is 0. The van der Waals surface area contributed by atoms with E-state index in [9.17, 15) is 0 Å². The molecule has 4 heterocycles. The van der Waals surface area contributed by atoms with Crippen molar-refractivity contribution < 1.29 is 0 Å². The van der Waals surface area contributed by atoms with Gasteiger partial charge in [0.15, 0.2) is 0 Å². The van der Waals surface area contributed by atoms with Gasteiger partial charge in [0.25, 0.3) is 0 Å². The van der Waals surface area contributed by atoms with Gasteiger partial charge < -0.3 is 9.47 Å². The molecule has 0 aromatic carbocycles. The van der Waals surface area contributed by atoms with Crippen molar-refractivity contribution in [1.82, 2.24) is 19.5 Å². The highest BCUT2D eigenvalue weighted by molar-refractivity contribution is 5.49. The topological polar surface area (TPSA) is 46.8 Å². The van der Waals surface area contributed by atoms with E-state index in [4.69, 9.17) is 4.98 Å². The van der Waals surface area contributed by atoms with Crippen LogP contribution in [0.2, 0.25) is 0 Å². The van der Waals surface area contributed by atoms with Crippen LogP contribution in [0.1, 0.15) is 41.7 Å². The summed E-state index contributed by atoms with van der Waals surface area (Å²) in [5.74, 6) is 1.61. The number of anilines is 1. The van der Waals surface area contributed by atoms with Gasteiger partial charge in [-0.15, -0.1) is 0 Å². The Kier molecular flexibility index (Phi) is 4.69. The van der Waals surface area contributed by atoms with E-state index < -0.39 is 0 Å². The quantitative estimate of drug-likeness (QED) is 0.722. The summed E-state index contributed by atoms with van der Waals surface area (Å²) in [6, 6.07) is 10.4. The molecular formula is C21H25N5. The molecule has 0 unspecified atom stereocenters. The van der Waals surface area contributed by atoms with Gasteiger partial charge in [0.05, 0.1) is 12.2 Å². The Bertz CT molecular complexity index is 851. The Morgan fingerprint density at radius 1 is 1.08 bits per heavy atom. The number of piperidine rings is 1. The van der Waals surface area contributed by atoms with Crippen molar-refractivity contribution in [3.8, 4) is 0 Å². The van der Waals surface area contributed by atoms with Gasteiger partial charge in [-0.1, -0.05) is 6.07 Å². The maximum atomic E-state index is 4.70. The lowest BCUT2D eigenvalue weighted by Crippen LogP contribution is -2.35. The van der Waals surface area contributed by atoms with Gasteiger partial charge in [-0.2, -0.15) is 0 Å². The molecule has 1 aliphatic heterocycles. The first-order valence-electron chi connectivity index (χ1n) is 9.30. The van der Waals surface area contributed by atoms with Gasteiger partial charge in [0.2, 0.25) is 0 Å². The highest BCUT2D eigenvalue weighted by Crippen LogP contribution is 2.30. The van der Waals surface area contributed by atoms with Crippen LogP contribution in [-0.4, -0.2) is 32.6 Å². The molecular weight excluding hydrogens is 322 g/mol. The molecule has 1 fully saturated rings. The van der Waals surface area contributed by atoms with Crippen molar-refractivity contribution >= 4 is 5.69 Å². The predicted molar refractivity (Wildman–Crippen MR) is 103 cm³/mol. The van der Waals surface area contributed by atoms with Crippen LogP contribution < -0.4 is 4.90 Å². The fourth-order valence-electron chi connectivity index (χ4n) is 3.90. The molecule has 0 amide bonds. The van der Waals surface area contributed by atoms with E-state index in [1.165, 1.54) is 24.4 Å². The molecule has 4 rings (SSSR count). The predicted octanol–water partition coefficient (Wildman–Crippen LogP) is 3.72. The van der Waals surface area contributed by atoms with Crippen molar-refractivity contribution in [3.63, 3.8) is 0 Å². The molecule has 1 saturated heterocycles. The zero-order valence-corrected chi connectivity index (χ0v) is 15.5. The number of rotatable bonds is 4. The van der Waals surface area contributed by atoms with E-state index in [0.717, 1.165) is 36.7 Å². The second-order valence-electron chi connectivity index (χ2n) is 7.13. The SMILES string of the molecule is Cc1cc(N2CCC[C@@H](c3nccn3Cc3ccccn3)C2)cc(C)n1. The zero-order valence-electron chi connectivity index (χ0n) is 15.5. The number of aromatic nitrogens is 4. The third-order valence-electron chi connectivity index (χ3n) is 5.02. The van der Waals surface area contributed by atoms with Crippen LogP contribution in [-0.2, 0) is 6.54 Å². The van der Waals surface area contributed by atoms with Crippen molar-refractivity contribution in [3.05, 3.63) is 71.8 Å². The van der Waals surface area contributed by atoms with E-state index >= 15 is 0 Å². The largest absolute Gasteiger partial charge is 0.371 e. The molecule has 1 atom stereocenters. The summed E-state index contributed by atoms with van der Waals surface area (Å²) in [6.07, 6.45) is 8.20. The standard InChI is InChI=1S/C21H25N5/c1-16-12-20(13-17(2)24-16)25-10-5-6-18(14-25)21-23-9-11-26(21)15-19-7-3-4-8-22-19/h3-4,7-9,11-13,18H,5-6,10,14-15H2,1-2H3/t18-/m1/s1. The summed E-state index contributed by atoms with van der Waals surface area (Å²) in [5.41, 5.74) is 4.51. The van der Waals surface area contributed by atoms with Gasteiger partial charge in [-0.3, -0.25) is 9.97 Å². The molecule has 1 aliphatic rings. The first kappa shape index (κ1) is 16.8. The van der Waals surface area contributed by atoms with Crippen LogP contribution in [0, 0.1) is 13.8 Å². The Balaban J connectivity index is 1.54. The number of hydrogen-bond acceptors (Lipinski definition) is 4. The van der Waals surface area contributed by atoms with Gasteiger partial charge in [-0.25, -0.2) is 4.98 Å². The van der Waals surface area contributed by atoms with Crippen molar-refractivity contribution in [2.24, 2.45) is 0 Å². The molecule has 3 aromatic heterocycles. The summed E-state index contributed by atoms with van der Waals surface area (Å²) in [4.78, 5) is 16.1. The molecule has 5 heteroatoms. The molecule has 134 valence electrons. The monoisotopic (exact) mass is 347 g/mol. The van der Waals surface area contributed by atoms with E-state index in [-0.39, 0.29) is 0 Å². The average molecular weight is 347 g/mol. The fourth-order valence-corrected chi connectivity index (χ4v) is 3.90. The molecule has 26 heavy (non-hydrogen) atoms. The van der Waals surface area contributed by atoms with Crippen molar-refractivity contribution in [2.45, 2.75) is 39.2 Å². The normalized spacial score (nSPS) is 17.5. The van der Waals surface area contributed by atoms with Gasteiger partial charge in [0.1, 0.15) is 5.82 Å². The highest BCUT2D eigenvalue weighted by Gasteiger charge is 2.25. The summed E-state index contributed by atoms with van der Waals surface area (Å²) in [6.45, 7) is 7.01. The fraction of sp³-hybridized carbons (Fsp3) is 0.381. The number of nitrogens with zero attached hydrogens (tertiary/aromatic N) is 5. The molecule has 5 nitrogen and oxygen atoms in total. The number of aryl methyl sites for hydroxylation is 2. The zero-order chi connectivity index (χ0) is 17.9. The maximum Gasteiger partial charge on any atom is 0.113 e. The van der Waals surface area contributed by atoms with E-state index in [2.05, 4.69) is 57.7 Å². The Morgan fingerprint density at radius 3 is 2.69 bits per heavy atom. The van der Waals surface area contributed by atoms with Crippen LogP contribution >= 0.6 is 0 Å². The first-order valence-corrected chi connectivity index (χ1v) is 9.30. The Labute approximate surface area is 154 Å². The van der Waals surface area contributed by atoms with E-state index in [0.29, 0.717) is 5.92 Å². The summed E-state index contributed by atoms with van der Waals surface area (Å²) in [5, 5.41) is 0. The number of imidazole rings is 1. The molecule has 0 radical (unpaired) electrons. The number of pyridine rings is 2. The Hall–Kier alpha value is -2.69. The third kappa shape index (κ3) is 3.62. The molecule has 0 spiro atoms. The lowest BCUT2D eigenvalue weighted by Gasteiger charge is -2.34. The lowest BCUT2D eigenvalue weighted by molar-refractivity contribution is 0.475. The molecule has 0 N–H and O–H groups in total. The lowest BCUT2D eigenvalue weighted by atomic mass is 9.96. The molecule has 3 aromatic rings. The summed E-state index contributed by atoms with van der Waals surface area (Å²) in [7, 11) is 0. The molecule has 0 bridgehead atoms. The van der Waals surface area contributed by atoms with Crippen molar-refractivity contribution in [1.29, 1.82) is 0 Å². The number of hydrogen-bond donors (Lipinski definition) is 0. The van der Waals surface area contributed by atoms with Crippen LogP contribution in [0.5, 0.6) is 0 Å². The van der Waals surface area contributed by atoms with Crippen LogP contribution in [0.25, 0.3) is 0 Å². The third-order valence-corrected chi connectivity index (χ3v) is 5.02. The minimum absolute atomic E-state index is 0.441. The first-order chi connectivity index (χ1) is 12.7. The summed E-state index contributed by atoms with van der Waals surface area (Å²) < 4.78 is 2.25. The highest BCUT2D eigenvalue weighted by atomic mass is 15.2. The van der Waals surface area contributed by atoms with E-state index in [1.807, 2.05) is 24.5 Å². The molecule has 0 saturated carbocycles. The van der Waals surface area contributed by atoms with Gasteiger partial charge >= 0.3 is 0 Å². The Morgan fingerprint density at radius 2 is 1.92 bits per heavy atom. The average Bonchev–Trinajstić information content (AvgIpc) is 3.10. The van der Waals surface area contributed by atoms with E-state index in [1.54, 1.807) is 0 Å². The second kappa shape index (κ2) is 7.28. The smallest absolute Gasteiger partial charge is 0.113 e. The van der Waals surface area contributed by atoms with Crippen molar-refractivity contribution in [2.75, 3.05) is 18.0 Å². The van der Waals surface area contributed by atoms with Gasteiger partial charge in [-0.05, 0) is 51.0 Å². The van der Waals surface area contributed by atoms with Gasteiger partial charge in [0, 0.05) is 54.7 Å². The minimum Gasteiger partial charge on any atom is -0.371 e. The second-order valence-corrected chi connectivity index (χ2v) is 7.13. The maximum absolute atomic E-state index is 4.70. The minimum atomic E-state index is 0.441.